The number of aromatic nitrogens is 2. The summed E-state index contributed by atoms with van der Waals surface area (Å²) in [6.45, 7) is 3.81. The van der Waals surface area contributed by atoms with Gasteiger partial charge in [0.05, 0.1) is 19.0 Å². The van der Waals surface area contributed by atoms with E-state index in [0.717, 1.165) is 19.6 Å². The number of hydrogen-bond donors (Lipinski definition) is 0. The maximum atomic E-state index is 5.29. The highest BCUT2D eigenvalue weighted by molar-refractivity contribution is 4.97. The quantitative estimate of drug-likeness (QED) is 0.603. The third kappa shape index (κ3) is 1.16. The van der Waals surface area contributed by atoms with Crippen LogP contribution in [-0.4, -0.2) is 22.8 Å². The lowest BCUT2D eigenvalue weighted by atomic mass is 10.2. The highest BCUT2D eigenvalue weighted by atomic mass is 16.5. The van der Waals surface area contributed by atoms with Gasteiger partial charge in [0.25, 0.3) is 0 Å². The fraction of sp³-hybridized carbons (Fsp3) is 0.625. The highest BCUT2D eigenvalue weighted by Gasteiger charge is 2.17. The molecule has 3 nitrogen and oxygen atoms in total. The molecule has 1 aromatic heterocycles. The van der Waals surface area contributed by atoms with E-state index < -0.39 is 0 Å². The summed E-state index contributed by atoms with van der Waals surface area (Å²) in [5.41, 5.74) is 1.22. The van der Waals surface area contributed by atoms with Gasteiger partial charge in [0.2, 0.25) is 0 Å². The van der Waals surface area contributed by atoms with Crippen molar-refractivity contribution in [3.63, 3.8) is 0 Å². The number of nitrogens with zero attached hydrogens (tertiary/aromatic N) is 2. The van der Waals surface area contributed by atoms with E-state index in [-0.39, 0.29) is 0 Å². The first kappa shape index (κ1) is 6.85. The minimum absolute atomic E-state index is 0.525. The van der Waals surface area contributed by atoms with Crippen LogP contribution in [-0.2, 0) is 4.74 Å². The molecule has 0 amide bonds. The predicted octanol–water partition coefficient (Wildman–Crippen LogP) is 1.15. The number of hydrogen-bond acceptors (Lipinski definition) is 2. The average Bonchev–Trinajstić information content (AvgIpc) is 2.55. The Morgan fingerprint density at radius 2 is 2.64 bits per heavy atom. The van der Waals surface area contributed by atoms with Gasteiger partial charge in [-0.25, -0.2) is 4.98 Å². The fourth-order valence-electron chi connectivity index (χ4n) is 1.49. The average molecular weight is 152 g/mol. The Balaban J connectivity index is 2.21. The Kier molecular flexibility index (Phi) is 1.66. The van der Waals surface area contributed by atoms with Gasteiger partial charge in [0.1, 0.15) is 0 Å². The fourth-order valence-corrected chi connectivity index (χ4v) is 1.49. The monoisotopic (exact) mass is 152 g/mol. The summed E-state index contributed by atoms with van der Waals surface area (Å²) >= 11 is 0. The second kappa shape index (κ2) is 2.66. The van der Waals surface area contributed by atoms with Crippen molar-refractivity contribution >= 4 is 0 Å². The minimum Gasteiger partial charge on any atom is -0.379 e. The van der Waals surface area contributed by atoms with Crippen molar-refractivity contribution in [1.29, 1.82) is 0 Å². The maximum absolute atomic E-state index is 5.29. The molecule has 1 unspecified atom stereocenters. The Labute approximate surface area is 66.0 Å². The molecular formula is C8H12N2O. The number of imidazole rings is 1. The van der Waals surface area contributed by atoms with Crippen LogP contribution in [0.15, 0.2) is 12.5 Å². The number of ether oxygens (including phenoxy) is 1. The van der Waals surface area contributed by atoms with Crippen molar-refractivity contribution in [2.45, 2.75) is 19.4 Å². The second-order valence-corrected chi connectivity index (χ2v) is 2.96. The lowest BCUT2D eigenvalue weighted by molar-refractivity contribution is 0.186. The van der Waals surface area contributed by atoms with Crippen molar-refractivity contribution < 1.29 is 4.74 Å². The van der Waals surface area contributed by atoms with E-state index in [2.05, 4.69) is 16.5 Å². The van der Waals surface area contributed by atoms with E-state index >= 15 is 0 Å². The van der Waals surface area contributed by atoms with Gasteiger partial charge in [-0.2, -0.15) is 0 Å². The van der Waals surface area contributed by atoms with Gasteiger partial charge in [0.15, 0.2) is 0 Å². The zero-order chi connectivity index (χ0) is 7.68. The molecule has 0 aromatic carbocycles. The zero-order valence-electron chi connectivity index (χ0n) is 6.66. The number of rotatable bonds is 1. The van der Waals surface area contributed by atoms with Crippen molar-refractivity contribution in [1.82, 2.24) is 9.55 Å². The Morgan fingerprint density at radius 1 is 1.73 bits per heavy atom. The van der Waals surface area contributed by atoms with Crippen LogP contribution in [0.3, 0.4) is 0 Å². The Hall–Kier alpha value is -0.830. The zero-order valence-corrected chi connectivity index (χ0v) is 6.66. The van der Waals surface area contributed by atoms with Crippen LogP contribution in [0.25, 0.3) is 0 Å². The third-order valence-corrected chi connectivity index (χ3v) is 2.16. The molecular weight excluding hydrogens is 140 g/mol. The van der Waals surface area contributed by atoms with E-state index in [9.17, 15) is 0 Å². The van der Waals surface area contributed by atoms with E-state index in [1.165, 1.54) is 5.69 Å². The van der Waals surface area contributed by atoms with Crippen molar-refractivity contribution in [3.8, 4) is 0 Å². The first-order valence-corrected chi connectivity index (χ1v) is 3.94. The molecule has 1 atom stereocenters. The van der Waals surface area contributed by atoms with E-state index in [0.29, 0.717) is 6.04 Å². The van der Waals surface area contributed by atoms with Crippen LogP contribution < -0.4 is 0 Å². The van der Waals surface area contributed by atoms with Crippen LogP contribution in [0.2, 0.25) is 0 Å². The van der Waals surface area contributed by atoms with Crippen molar-refractivity contribution in [2.75, 3.05) is 13.2 Å². The van der Waals surface area contributed by atoms with Crippen LogP contribution in [0.5, 0.6) is 0 Å². The number of aryl methyl sites for hydroxylation is 1. The van der Waals surface area contributed by atoms with Gasteiger partial charge < -0.3 is 9.30 Å². The van der Waals surface area contributed by atoms with Crippen LogP contribution in [0.1, 0.15) is 18.2 Å². The molecule has 11 heavy (non-hydrogen) atoms. The molecule has 0 N–H and O–H groups in total. The molecule has 0 bridgehead atoms. The normalized spacial score (nSPS) is 24.3. The molecule has 60 valence electrons. The molecule has 0 aliphatic carbocycles. The van der Waals surface area contributed by atoms with Crippen LogP contribution in [0.4, 0.5) is 0 Å². The van der Waals surface area contributed by atoms with Gasteiger partial charge in [-0.1, -0.05) is 0 Å². The molecule has 1 aliphatic heterocycles. The Bertz CT molecular complexity index is 238. The van der Waals surface area contributed by atoms with Crippen molar-refractivity contribution in [3.05, 3.63) is 18.2 Å². The largest absolute Gasteiger partial charge is 0.379 e. The molecule has 1 fully saturated rings. The smallest absolute Gasteiger partial charge is 0.0951 e. The van der Waals surface area contributed by atoms with Gasteiger partial charge in [-0.05, 0) is 13.3 Å². The summed E-state index contributed by atoms with van der Waals surface area (Å²) in [5, 5.41) is 0. The summed E-state index contributed by atoms with van der Waals surface area (Å²) in [4.78, 5) is 4.07. The molecule has 0 radical (unpaired) electrons. The summed E-state index contributed by atoms with van der Waals surface area (Å²) in [6, 6.07) is 0.525. The van der Waals surface area contributed by atoms with Gasteiger partial charge in [-0.3, -0.25) is 0 Å². The lowest BCUT2D eigenvalue weighted by Gasteiger charge is -2.10. The molecule has 1 aliphatic rings. The van der Waals surface area contributed by atoms with Gasteiger partial charge in [-0.15, -0.1) is 0 Å². The van der Waals surface area contributed by atoms with Gasteiger partial charge in [0, 0.05) is 18.5 Å². The van der Waals surface area contributed by atoms with Gasteiger partial charge >= 0.3 is 0 Å². The first-order valence-electron chi connectivity index (χ1n) is 3.94. The SMILES string of the molecule is Cc1cncn1C1CCOC1. The highest BCUT2D eigenvalue weighted by Crippen LogP contribution is 2.19. The van der Waals surface area contributed by atoms with Crippen molar-refractivity contribution in [2.24, 2.45) is 0 Å². The molecule has 1 saturated heterocycles. The second-order valence-electron chi connectivity index (χ2n) is 2.96. The van der Waals surface area contributed by atoms with Crippen LogP contribution >= 0.6 is 0 Å². The summed E-state index contributed by atoms with van der Waals surface area (Å²) in [6.07, 6.45) is 4.89. The molecule has 0 spiro atoms. The molecule has 3 heteroatoms. The standard InChI is InChI=1S/C8H12N2O/c1-7-4-9-6-10(7)8-2-3-11-5-8/h4,6,8H,2-3,5H2,1H3. The molecule has 1 aromatic rings. The first-order chi connectivity index (χ1) is 5.38. The topological polar surface area (TPSA) is 27.1 Å². The van der Waals surface area contributed by atoms with E-state index in [1.54, 1.807) is 0 Å². The predicted molar refractivity (Wildman–Crippen MR) is 41.4 cm³/mol. The summed E-state index contributed by atoms with van der Waals surface area (Å²) in [5.74, 6) is 0. The van der Waals surface area contributed by atoms with Crippen LogP contribution in [0, 0.1) is 6.92 Å². The molecule has 2 rings (SSSR count). The summed E-state index contributed by atoms with van der Waals surface area (Å²) in [7, 11) is 0. The molecule has 0 saturated carbocycles. The maximum Gasteiger partial charge on any atom is 0.0951 e. The lowest BCUT2D eigenvalue weighted by Crippen LogP contribution is -2.08. The third-order valence-electron chi connectivity index (χ3n) is 2.16. The molecule has 2 heterocycles. The summed E-state index contributed by atoms with van der Waals surface area (Å²) < 4.78 is 7.47. The Morgan fingerprint density at radius 3 is 3.18 bits per heavy atom. The van der Waals surface area contributed by atoms with E-state index in [4.69, 9.17) is 4.74 Å². The minimum atomic E-state index is 0.525. The van der Waals surface area contributed by atoms with E-state index in [1.807, 2.05) is 12.5 Å².